The molecule has 1 saturated heterocycles. The molecule has 1 aromatic rings. The van der Waals surface area contributed by atoms with Crippen LogP contribution in [0.3, 0.4) is 0 Å². The molecule has 0 spiro atoms. The average Bonchev–Trinajstić information content (AvgIpc) is 2.57. The average molecular weight is 431 g/mol. The number of amides is 2. The van der Waals surface area contributed by atoms with E-state index in [-0.39, 0.29) is 17.4 Å². The molecule has 3 N–H and O–H groups in total. The monoisotopic (exact) mass is 430 g/mol. The summed E-state index contributed by atoms with van der Waals surface area (Å²) in [6.07, 6.45) is 0. The number of carbonyl (C=O) groups is 2. The van der Waals surface area contributed by atoms with E-state index in [0.29, 0.717) is 42.8 Å². The zero-order chi connectivity index (χ0) is 20.9. The number of benzene rings is 1. The molecule has 28 heavy (non-hydrogen) atoms. The SMILES string of the molecule is C[NH+](CC(=O)N1CC[NH+](CC(=O)NC(C)(C)C)CC1)Cc1cccc(Cl)c1Cl. The molecule has 0 bridgehead atoms. The topological polar surface area (TPSA) is 58.3 Å². The fourth-order valence-electron chi connectivity index (χ4n) is 3.38. The maximum atomic E-state index is 12.6. The second-order valence-corrected chi connectivity index (χ2v) is 9.41. The van der Waals surface area contributed by atoms with Crippen molar-refractivity contribution < 1.29 is 19.4 Å². The van der Waals surface area contributed by atoms with Crippen LogP contribution in [-0.4, -0.2) is 68.6 Å². The Bertz CT molecular complexity index is 698. The lowest BCUT2D eigenvalue weighted by molar-refractivity contribution is -0.897. The Morgan fingerprint density at radius 2 is 1.86 bits per heavy atom. The maximum absolute atomic E-state index is 12.6. The minimum atomic E-state index is -0.215. The highest BCUT2D eigenvalue weighted by molar-refractivity contribution is 6.42. The highest BCUT2D eigenvalue weighted by Gasteiger charge is 2.27. The molecule has 156 valence electrons. The van der Waals surface area contributed by atoms with E-state index in [1.165, 1.54) is 4.90 Å². The molecule has 1 aromatic carbocycles. The first-order valence-electron chi connectivity index (χ1n) is 9.71. The predicted molar refractivity (Wildman–Crippen MR) is 112 cm³/mol. The van der Waals surface area contributed by atoms with Crippen LogP contribution in [-0.2, 0) is 16.1 Å². The van der Waals surface area contributed by atoms with Crippen LogP contribution in [0.1, 0.15) is 26.3 Å². The van der Waals surface area contributed by atoms with E-state index in [0.717, 1.165) is 23.6 Å². The van der Waals surface area contributed by atoms with Crippen molar-refractivity contribution in [2.24, 2.45) is 0 Å². The van der Waals surface area contributed by atoms with Crippen molar-refractivity contribution in [1.29, 1.82) is 0 Å². The smallest absolute Gasteiger partial charge is 0.278 e. The molecule has 8 heteroatoms. The van der Waals surface area contributed by atoms with Gasteiger partial charge in [-0.25, -0.2) is 0 Å². The van der Waals surface area contributed by atoms with E-state index in [9.17, 15) is 9.59 Å². The quantitative estimate of drug-likeness (QED) is 0.577. The molecule has 0 aliphatic carbocycles. The van der Waals surface area contributed by atoms with Gasteiger partial charge in [0.2, 0.25) is 0 Å². The zero-order valence-corrected chi connectivity index (χ0v) is 18.7. The Labute approximate surface area is 177 Å². The van der Waals surface area contributed by atoms with Gasteiger partial charge in [0.25, 0.3) is 11.8 Å². The van der Waals surface area contributed by atoms with Gasteiger partial charge < -0.3 is 20.0 Å². The van der Waals surface area contributed by atoms with Gasteiger partial charge in [-0.1, -0.05) is 35.3 Å². The second kappa shape index (κ2) is 9.92. The van der Waals surface area contributed by atoms with Crippen LogP contribution in [0.5, 0.6) is 0 Å². The summed E-state index contributed by atoms with van der Waals surface area (Å²) in [4.78, 5) is 28.9. The molecule has 0 radical (unpaired) electrons. The number of carbonyl (C=O) groups excluding carboxylic acids is 2. The third-order valence-electron chi connectivity index (χ3n) is 4.73. The van der Waals surface area contributed by atoms with E-state index < -0.39 is 0 Å². The summed E-state index contributed by atoms with van der Waals surface area (Å²) in [6.45, 7) is 10.4. The molecule has 1 unspecified atom stereocenters. The number of hydrogen-bond donors (Lipinski definition) is 3. The van der Waals surface area contributed by atoms with E-state index >= 15 is 0 Å². The van der Waals surface area contributed by atoms with E-state index in [2.05, 4.69) is 5.32 Å². The molecule has 1 heterocycles. The highest BCUT2D eigenvalue weighted by Crippen LogP contribution is 2.24. The molecule has 2 rings (SSSR count). The molecular formula is C20H32Cl2N4O2+2. The minimum Gasteiger partial charge on any atom is -0.347 e. The van der Waals surface area contributed by atoms with Crippen molar-refractivity contribution in [3.8, 4) is 0 Å². The lowest BCUT2D eigenvalue weighted by atomic mass is 10.1. The molecular weight excluding hydrogens is 399 g/mol. The number of piperazine rings is 1. The van der Waals surface area contributed by atoms with Gasteiger partial charge in [0.05, 0.1) is 43.3 Å². The van der Waals surface area contributed by atoms with Crippen LogP contribution < -0.4 is 15.1 Å². The van der Waals surface area contributed by atoms with Gasteiger partial charge in [0, 0.05) is 11.1 Å². The van der Waals surface area contributed by atoms with Crippen molar-refractivity contribution >= 4 is 35.0 Å². The summed E-state index contributed by atoms with van der Waals surface area (Å²) >= 11 is 12.3. The largest absolute Gasteiger partial charge is 0.347 e. The van der Waals surface area contributed by atoms with Gasteiger partial charge in [0.15, 0.2) is 13.1 Å². The standard InChI is InChI=1S/C20H30Cl2N4O2/c1-20(2,3)23-17(27)13-25-8-10-26(11-9-25)18(28)14-24(4)12-15-6-5-7-16(21)19(15)22/h5-7H,8-14H2,1-4H3,(H,23,27)/p+2. The fourth-order valence-corrected chi connectivity index (χ4v) is 3.77. The molecule has 1 fully saturated rings. The van der Waals surface area contributed by atoms with Crippen LogP contribution in [0, 0.1) is 0 Å². The summed E-state index contributed by atoms with van der Waals surface area (Å²) in [7, 11) is 1.98. The number of quaternary nitrogens is 2. The van der Waals surface area contributed by atoms with Crippen molar-refractivity contribution in [2.75, 3.05) is 46.3 Å². The maximum Gasteiger partial charge on any atom is 0.278 e. The normalized spacial score (nSPS) is 16.7. The first kappa shape index (κ1) is 22.9. The molecule has 0 saturated carbocycles. The first-order valence-corrected chi connectivity index (χ1v) is 10.5. The van der Waals surface area contributed by atoms with E-state index in [4.69, 9.17) is 23.2 Å². The molecule has 1 aliphatic heterocycles. The minimum absolute atomic E-state index is 0.0601. The Morgan fingerprint density at radius 1 is 1.21 bits per heavy atom. The number of hydrogen-bond acceptors (Lipinski definition) is 2. The molecule has 1 aliphatic rings. The Kier molecular flexibility index (Phi) is 8.13. The number of nitrogens with zero attached hydrogens (tertiary/aromatic N) is 1. The van der Waals surface area contributed by atoms with Crippen LogP contribution in [0.2, 0.25) is 10.0 Å². The van der Waals surface area contributed by atoms with Crippen LogP contribution in [0.15, 0.2) is 18.2 Å². The Hall–Kier alpha value is -1.34. The van der Waals surface area contributed by atoms with Crippen LogP contribution in [0.25, 0.3) is 0 Å². The van der Waals surface area contributed by atoms with Gasteiger partial charge in [-0.2, -0.15) is 0 Å². The first-order chi connectivity index (χ1) is 13.0. The van der Waals surface area contributed by atoms with Crippen molar-refractivity contribution in [3.63, 3.8) is 0 Å². The van der Waals surface area contributed by atoms with Gasteiger partial charge in [-0.3, -0.25) is 9.59 Å². The van der Waals surface area contributed by atoms with Gasteiger partial charge >= 0.3 is 0 Å². The third kappa shape index (κ3) is 7.24. The highest BCUT2D eigenvalue weighted by atomic mass is 35.5. The van der Waals surface area contributed by atoms with Gasteiger partial charge in [0.1, 0.15) is 6.54 Å². The summed E-state index contributed by atoms with van der Waals surface area (Å²) in [5, 5.41) is 4.09. The van der Waals surface area contributed by atoms with Crippen molar-refractivity contribution in [2.45, 2.75) is 32.9 Å². The van der Waals surface area contributed by atoms with Gasteiger partial charge in [-0.05, 0) is 26.8 Å². The number of rotatable bonds is 6. The summed E-state index contributed by atoms with van der Waals surface area (Å²) < 4.78 is 0. The Morgan fingerprint density at radius 3 is 2.46 bits per heavy atom. The number of nitrogens with one attached hydrogen (secondary N) is 3. The molecule has 6 nitrogen and oxygen atoms in total. The summed E-state index contributed by atoms with van der Waals surface area (Å²) in [5.74, 6) is 0.193. The van der Waals surface area contributed by atoms with E-state index in [1.807, 2.05) is 44.9 Å². The summed E-state index contributed by atoms with van der Waals surface area (Å²) in [6, 6.07) is 5.57. The van der Waals surface area contributed by atoms with E-state index in [1.54, 1.807) is 6.07 Å². The molecule has 2 amide bonds. The fraction of sp³-hybridized carbons (Fsp3) is 0.600. The predicted octanol–water partition coefficient (Wildman–Crippen LogP) is -0.350. The van der Waals surface area contributed by atoms with Crippen molar-refractivity contribution in [1.82, 2.24) is 10.2 Å². The third-order valence-corrected chi connectivity index (χ3v) is 5.58. The lowest BCUT2D eigenvalue weighted by Crippen LogP contribution is -3.16. The van der Waals surface area contributed by atoms with Crippen LogP contribution >= 0.6 is 23.2 Å². The van der Waals surface area contributed by atoms with Crippen molar-refractivity contribution in [3.05, 3.63) is 33.8 Å². The Balaban J connectivity index is 1.77. The van der Waals surface area contributed by atoms with Gasteiger partial charge in [-0.15, -0.1) is 0 Å². The molecule has 0 aromatic heterocycles. The zero-order valence-electron chi connectivity index (χ0n) is 17.2. The number of halogens is 2. The molecule has 1 atom stereocenters. The number of likely N-dealkylation sites (N-methyl/N-ethyl adjacent to an activating group) is 1. The lowest BCUT2D eigenvalue weighted by Gasteiger charge is -2.32. The van der Waals surface area contributed by atoms with Crippen LogP contribution in [0.4, 0.5) is 0 Å². The second-order valence-electron chi connectivity index (χ2n) is 8.63. The summed E-state index contributed by atoms with van der Waals surface area (Å²) in [5.41, 5.74) is 0.728.